The van der Waals surface area contributed by atoms with Crippen LogP contribution in [0.15, 0.2) is 60.5 Å². The summed E-state index contributed by atoms with van der Waals surface area (Å²) in [6.45, 7) is 3.22. The third-order valence-electron chi connectivity index (χ3n) is 6.65. The Labute approximate surface area is 285 Å². The number of nitriles is 1. The number of unbranched alkanes of at least 4 members (excludes halogenated alkanes) is 1. The Morgan fingerprint density at radius 3 is 2.41 bits per heavy atom. The van der Waals surface area contributed by atoms with Gasteiger partial charge in [-0.3, -0.25) is 9.32 Å². The largest absolute Gasteiger partial charge is 0.480 e. The van der Waals surface area contributed by atoms with Crippen molar-refractivity contribution in [3.8, 4) is 17.3 Å². The molecule has 0 radical (unpaired) electrons. The Balaban J connectivity index is 0.000000546. The van der Waals surface area contributed by atoms with Gasteiger partial charge < -0.3 is 36.2 Å². The Kier molecular flexibility index (Phi) is 16.7. The minimum atomic E-state index is -4.94. The number of hydrogen-bond donors (Lipinski definition) is 6. The average Bonchev–Trinajstić information content (AvgIpc) is 3.77. The van der Waals surface area contributed by atoms with E-state index in [-0.39, 0.29) is 12.2 Å². The summed E-state index contributed by atoms with van der Waals surface area (Å²) >= 11 is 1.22. The average molecular weight is 726 g/mol. The molecule has 2 aromatic heterocycles. The van der Waals surface area contributed by atoms with Gasteiger partial charge in [0.2, 0.25) is 5.72 Å². The summed E-state index contributed by atoms with van der Waals surface area (Å²) < 4.78 is 51.8. The lowest BCUT2D eigenvalue weighted by Gasteiger charge is -2.38. The van der Waals surface area contributed by atoms with E-state index in [4.69, 9.17) is 41.5 Å². The Morgan fingerprint density at radius 2 is 1.88 bits per heavy atom. The fraction of sp³-hybridized carbons (Fsp3) is 0.367. The molecule has 0 aliphatic carbocycles. The highest BCUT2D eigenvalue weighted by molar-refractivity contribution is 7.46. The van der Waals surface area contributed by atoms with Crippen molar-refractivity contribution in [2.24, 2.45) is 11.5 Å². The fourth-order valence-corrected chi connectivity index (χ4v) is 5.43. The highest BCUT2D eigenvalue weighted by atomic mass is 32.1. The van der Waals surface area contributed by atoms with E-state index in [1.165, 1.54) is 24.0 Å². The molecule has 0 saturated heterocycles. The van der Waals surface area contributed by atoms with Crippen molar-refractivity contribution in [1.29, 1.82) is 5.26 Å². The van der Waals surface area contributed by atoms with E-state index >= 15 is 4.39 Å². The maximum absolute atomic E-state index is 15.2. The zero-order valence-electron chi connectivity index (χ0n) is 26.6. The Hall–Kier alpha value is -4.02. The molecule has 266 valence electrons. The molecule has 0 unspecified atom stereocenters. The van der Waals surface area contributed by atoms with Gasteiger partial charge in [-0.1, -0.05) is 25.5 Å². The number of aromatic nitrogens is 4. The lowest BCUT2D eigenvalue weighted by atomic mass is 9.89. The number of thiazole rings is 1. The standard InChI is InChI=1S/C22H18F2N5O5PS.C6H14N2O2.C2H6O/c1-14(21-28-20(10-36-21)16-4-2-15(9-25)3-5-16)22(29-12-26-11-27-29,33-13-34-35(30,31)32)18-7-6-17(23)8-19(18)24;7-4-2-1-3-5(8)6(9)10;1-2-3/h2-8,10-12,14H,13H2,1H3,(H2,30,31,32);5H,1-4,7-8H2,(H,9,10);3H,2H2,1H3/t14-,22-;5-;/m00./s1. The number of aliphatic carboxylic acids is 1. The van der Waals surface area contributed by atoms with Gasteiger partial charge in [0.25, 0.3) is 0 Å². The molecule has 4 aromatic rings. The van der Waals surface area contributed by atoms with Crippen LogP contribution in [-0.2, 0) is 24.3 Å². The van der Waals surface area contributed by atoms with Crippen molar-refractivity contribution in [1.82, 2.24) is 19.7 Å². The zero-order chi connectivity index (χ0) is 36.6. The highest BCUT2D eigenvalue weighted by Gasteiger charge is 2.47. The van der Waals surface area contributed by atoms with Crippen molar-refractivity contribution >= 4 is 25.1 Å². The van der Waals surface area contributed by atoms with Gasteiger partial charge in [-0.05, 0) is 50.6 Å². The van der Waals surface area contributed by atoms with Crippen molar-refractivity contribution in [3.63, 3.8) is 0 Å². The number of phosphoric acid groups is 1. The van der Waals surface area contributed by atoms with E-state index in [1.54, 1.807) is 43.5 Å². The number of benzene rings is 2. The van der Waals surface area contributed by atoms with Gasteiger partial charge in [0.05, 0.1) is 23.2 Å². The molecule has 49 heavy (non-hydrogen) atoms. The summed E-state index contributed by atoms with van der Waals surface area (Å²) in [6.07, 6.45) is 4.56. The first-order valence-corrected chi connectivity index (χ1v) is 17.0. The summed E-state index contributed by atoms with van der Waals surface area (Å²) in [5.74, 6) is -3.61. The molecule has 8 N–H and O–H groups in total. The van der Waals surface area contributed by atoms with E-state index in [0.29, 0.717) is 35.3 Å². The first-order valence-electron chi connectivity index (χ1n) is 14.6. The number of carboxylic acid groups (broad SMARTS) is 1. The number of aliphatic hydroxyl groups excluding tert-OH is 1. The first-order chi connectivity index (χ1) is 23.2. The second kappa shape index (κ2) is 19.8. The van der Waals surface area contributed by atoms with Crippen LogP contribution in [0.3, 0.4) is 0 Å². The Morgan fingerprint density at radius 1 is 1.20 bits per heavy atom. The van der Waals surface area contributed by atoms with Crippen LogP contribution >= 0.6 is 19.2 Å². The smallest absolute Gasteiger partial charge is 0.471 e. The van der Waals surface area contributed by atoms with Crippen LogP contribution in [0.25, 0.3) is 11.3 Å². The van der Waals surface area contributed by atoms with Crippen LogP contribution in [0.1, 0.15) is 55.2 Å². The molecule has 19 heteroatoms. The van der Waals surface area contributed by atoms with Gasteiger partial charge in [0.15, 0.2) is 6.79 Å². The number of carbonyl (C=O) groups is 1. The number of hydrogen-bond acceptors (Lipinski definition) is 12. The number of phosphoric ester groups is 1. The van der Waals surface area contributed by atoms with Crippen LogP contribution in [0, 0.1) is 23.0 Å². The van der Waals surface area contributed by atoms with Crippen LogP contribution in [-0.4, -0.2) is 71.7 Å². The molecule has 2 aromatic carbocycles. The normalized spacial score (nSPS) is 13.5. The van der Waals surface area contributed by atoms with Gasteiger partial charge in [-0.2, -0.15) is 10.4 Å². The molecular weight excluding hydrogens is 687 g/mol. The predicted molar refractivity (Wildman–Crippen MR) is 174 cm³/mol. The number of halogens is 2. The highest BCUT2D eigenvalue weighted by Crippen LogP contribution is 2.45. The molecule has 0 aliphatic rings. The number of aliphatic hydroxyl groups is 1. The van der Waals surface area contributed by atoms with Crippen molar-refractivity contribution in [2.45, 2.75) is 50.8 Å². The van der Waals surface area contributed by atoms with Gasteiger partial charge in [0, 0.05) is 29.2 Å². The SMILES string of the molecule is CCO.C[C@@H](c1nc(-c2ccc(C#N)cc2)cs1)[C@](OCOP(=O)(O)O)(c1ccc(F)cc1F)n1cncn1.NCCCC[C@H](N)C(=O)O. The molecular formula is C30H38F2N7O8PS. The van der Waals surface area contributed by atoms with Crippen molar-refractivity contribution < 1.29 is 47.4 Å². The lowest BCUT2D eigenvalue weighted by molar-refractivity contribution is -0.153. The quantitative estimate of drug-likeness (QED) is 0.0617. The van der Waals surface area contributed by atoms with Gasteiger partial charge >= 0.3 is 13.8 Å². The molecule has 2 heterocycles. The van der Waals surface area contributed by atoms with E-state index < -0.39 is 49.9 Å². The molecule has 0 fully saturated rings. The van der Waals surface area contributed by atoms with Crippen molar-refractivity contribution in [3.05, 3.63) is 88.3 Å². The number of ether oxygens (including phenoxy) is 1. The van der Waals surface area contributed by atoms with E-state index in [1.807, 2.05) is 6.07 Å². The minimum absolute atomic E-state index is 0.189. The molecule has 4 rings (SSSR count). The second-order valence-electron chi connectivity index (χ2n) is 10.1. The predicted octanol–water partition coefficient (Wildman–Crippen LogP) is 3.67. The summed E-state index contributed by atoms with van der Waals surface area (Å²) in [4.78, 5) is 37.0. The molecule has 0 bridgehead atoms. The van der Waals surface area contributed by atoms with Gasteiger partial charge in [-0.25, -0.2) is 28.0 Å². The molecule has 0 amide bonds. The third-order valence-corrected chi connectivity index (χ3v) is 8.12. The number of nitrogens with zero attached hydrogens (tertiary/aromatic N) is 5. The monoisotopic (exact) mass is 725 g/mol. The summed E-state index contributed by atoms with van der Waals surface area (Å²) in [5, 5.41) is 31.2. The lowest BCUT2D eigenvalue weighted by Crippen LogP contribution is -2.44. The Bertz CT molecular complexity index is 1690. The summed E-state index contributed by atoms with van der Waals surface area (Å²) in [6, 6.07) is 10.9. The van der Waals surface area contributed by atoms with Gasteiger partial charge in [-0.15, -0.1) is 11.3 Å². The van der Waals surface area contributed by atoms with E-state index in [9.17, 15) is 13.8 Å². The van der Waals surface area contributed by atoms with E-state index in [0.717, 1.165) is 35.2 Å². The van der Waals surface area contributed by atoms with Gasteiger partial charge in [0.1, 0.15) is 35.3 Å². The van der Waals surface area contributed by atoms with Crippen LogP contribution in [0.5, 0.6) is 0 Å². The molecule has 15 nitrogen and oxygen atoms in total. The maximum atomic E-state index is 15.2. The van der Waals surface area contributed by atoms with E-state index in [2.05, 4.69) is 19.6 Å². The summed E-state index contributed by atoms with van der Waals surface area (Å²) in [7, 11) is -4.94. The van der Waals surface area contributed by atoms with Crippen LogP contribution in [0.2, 0.25) is 0 Å². The topological polar surface area (TPSA) is 253 Å². The number of nitrogens with two attached hydrogens (primary N) is 2. The fourth-order valence-electron chi connectivity index (χ4n) is 4.30. The zero-order valence-corrected chi connectivity index (χ0v) is 28.3. The van der Waals surface area contributed by atoms with Crippen molar-refractivity contribution in [2.75, 3.05) is 19.9 Å². The summed E-state index contributed by atoms with van der Waals surface area (Å²) in [5.41, 5.74) is 10.1. The molecule has 3 atom stereocenters. The maximum Gasteiger partial charge on any atom is 0.471 e. The molecule has 0 aliphatic heterocycles. The minimum Gasteiger partial charge on any atom is -0.480 e. The molecule has 0 spiro atoms. The number of rotatable bonds is 14. The first kappa shape index (κ1) is 41.2. The second-order valence-corrected chi connectivity index (χ2v) is 12.2. The number of carboxylic acids is 1. The molecule has 0 saturated carbocycles. The van der Waals surface area contributed by atoms with Crippen LogP contribution in [0.4, 0.5) is 8.78 Å². The van der Waals surface area contributed by atoms with Crippen LogP contribution < -0.4 is 11.5 Å². The third kappa shape index (κ3) is 12.1.